The van der Waals surface area contributed by atoms with Crippen molar-refractivity contribution in [3.8, 4) is 0 Å². The lowest BCUT2D eigenvalue weighted by molar-refractivity contribution is -0.142. The molecule has 0 aromatic carbocycles. The number of rotatable bonds is 15. The average molecular weight is 301 g/mol. The summed E-state index contributed by atoms with van der Waals surface area (Å²) in [5, 5.41) is 2.85. The first-order valence-electron chi connectivity index (χ1n) is 8.54. The second-order valence-corrected chi connectivity index (χ2v) is 5.70. The van der Waals surface area contributed by atoms with Crippen molar-refractivity contribution in [2.45, 2.75) is 77.3 Å². The molecule has 0 spiro atoms. The second-order valence-electron chi connectivity index (χ2n) is 5.70. The van der Waals surface area contributed by atoms with Crippen molar-refractivity contribution in [3.05, 3.63) is 0 Å². The van der Waals surface area contributed by atoms with Crippen molar-refractivity contribution in [2.75, 3.05) is 19.7 Å². The highest BCUT2D eigenvalue weighted by Gasteiger charge is 2.02. The summed E-state index contributed by atoms with van der Waals surface area (Å²) in [6, 6.07) is 0. The molecule has 0 bridgehead atoms. The molecule has 21 heavy (non-hydrogen) atoms. The molecule has 0 unspecified atom stereocenters. The second kappa shape index (κ2) is 15.7. The van der Waals surface area contributed by atoms with Gasteiger partial charge in [-0.3, -0.25) is 4.79 Å². The maximum Gasteiger partial charge on any atom is 0.319 e. The summed E-state index contributed by atoms with van der Waals surface area (Å²) in [6.07, 6.45) is 12.4. The zero-order valence-corrected chi connectivity index (χ0v) is 13.7. The Labute approximate surface area is 130 Å². The summed E-state index contributed by atoms with van der Waals surface area (Å²) in [5.41, 5.74) is 10.7. The summed E-state index contributed by atoms with van der Waals surface area (Å²) < 4.78 is 5.11. The fourth-order valence-corrected chi connectivity index (χ4v) is 2.17. The lowest BCUT2D eigenvalue weighted by Gasteiger charge is -2.08. The number of carbonyl (C=O) groups excluding carboxylic acids is 1. The van der Waals surface area contributed by atoms with Crippen LogP contribution in [-0.2, 0) is 9.53 Å². The van der Waals surface area contributed by atoms with Crippen molar-refractivity contribution in [1.82, 2.24) is 5.32 Å². The highest BCUT2D eigenvalue weighted by molar-refractivity contribution is 5.71. The van der Waals surface area contributed by atoms with Gasteiger partial charge in [0, 0.05) is 6.54 Å². The average Bonchev–Trinajstić information content (AvgIpc) is 2.44. The molecule has 0 heterocycles. The number of nitrogens with two attached hydrogens (primary N) is 2. The molecule has 0 aliphatic carbocycles. The van der Waals surface area contributed by atoms with Gasteiger partial charge in [-0.05, 0) is 6.42 Å². The van der Waals surface area contributed by atoms with Gasteiger partial charge in [0.25, 0.3) is 0 Å². The monoisotopic (exact) mass is 301 g/mol. The molecule has 0 amide bonds. The molecule has 0 fully saturated rings. The van der Waals surface area contributed by atoms with Gasteiger partial charge in [-0.25, -0.2) is 0 Å². The topological polar surface area (TPSA) is 90.4 Å². The van der Waals surface area contributed by atoms with E-state index in [-0.39, 0.29) is 12.5 Å². The fraction of sp³-hybridized carbons (Fsp3) is 0.938. The summed E-state index contributed by atoms with van der Waals surface area (Å²) in [6.45, 7) is 3.37. The van der Waals surface area contributed by atoms with Gasteiger partial charge in [0.05, 0.1) is 19.3 Å². The van der Waals surface area contributed by atoms with Crippen molar-refractivity contribution in [2.24, 2.45) is 11.5 Å². The van der Waals surface area contributed by atoms with Gasteiger partial charge in [-0.1, -0.05) is 64.7 Å². The molecule has 0 aliphatic heterocycles. The molecule has 0 rings (SSSR count). The number of ether oxygens (including phenoxy) is 1. The normalized spacial score (nSPS) is 11.0. The highest BCUT2D eigenvalue weighted by Crippen LogP contribution is 2.10. The predicted molar refractivity (Wildman–Crippen MR) is 87.8 cm³/mol. The van der Waals surface area contributed by atoms with Crippen LogP contribution in [0, 0.1) is 0 Å². The third kappa shape index (κ3) is 17.3. The zero-order valence-electron chi connectivity index (χ0n) is 13.7. The van der Waals surface area contributed by atoms with E-state index in [1.165, 1.54) is 51.4 Å². The summed E-state index contributed by atoms with van der Waals surface area (Å²) >= 11 is 0. The first kappa shape index (κ1) is 20.3. The largest absolute Gasteiger partial charge is 0.465 e. The zero-order chi connectivity index (χ0) is 15.8. The van der Waals surface area contributed by atoms with E-state index in [1.807, 2.05) is 0 Å². The van der Waals surface area contributed by atoms with Crippen LogP contribution in [0.2, 0.25) is 0 Å². The Balaban J connectivity index is 3.12. The Morgan fingerprint density at radius 3 is 2.00 bits per heavy atom. The predicted octanol–water partition coefficient (Wildman–Crippen LogP) is 2.28. The summed E-state index contributed by atoms with van der Waals surface area (Å²) in [5.74, 6) is -0.230. The molecule has 5 nitrogen and oxygen atoms in total. The van der Waals surface area contributed by atoms with E-state index < -0.39 is 6.17 Å². The van der Waals surface area contributed by atoms with Crippen molar-refractivity contribution in [1.29, 1.82) is 0 Å². The smallest absolute Gasteiger partial charge is 0.319 e. The molecule has 0 atom stereocenters. The van der Waals surface area contributed by atoms with Gasteiger partial charge in [0.2, 0.25) is 0 Å². The molecule has 5 heteroatoms. The van der Waals surface area contributed by atoms with Crippen LogP contribution in [0.3, 0.4) is 0 Å². The first-order valence-corrected chi connectivity index (χ1v) is 8.54. The molecule has 0 saturated carbocycles. The van der Waals surface area contributed by atoms with E-state index in [4.69, 9.17) is 16.2 Å². The van der Waals surface area contributed by atoms with E-state index in [0.717, 1.165) is 12.8 Å². The molecule has 0 aromatic heterocycles. The Bertz CT molecular complexity index is 236. The Hall–Kier alpha value is -0.650. The van der Waals surface area contributed by atoms with Crippen LogP contribution in [0.25, 0.3) is 0 Å². The van der Waals surface area contributed by atoms with Crippen LogP contribution in [0.5, 0.6) is 0 Å². The quantitative estimate of drug-likeness (QED) is 0.245. The Morgan fingerprint density at radius 2 is 1.48 bits per heavy atom. The first-order chi connectivity index (χ1) is 10.2. The van der Waals surface area contributed by atoms with Gasteiger partial charge < -0.3 is 21.5 Å². The summed E-state index contributed by atoms with van der Waals surface area (Å²) in [7, 11) is 0. The molecule has 0 aliphatic rings. The number of esters is 1. The van der Waals surface area contributed by atoms with Gasteiger partial charge in [0.15, 0.2) is 0 Å². The minimum atomic E-state index is -0.431. The highest BCUT2D eigenvalue weighted by atomic mass is 16.5. The lowest BCUT2D eigenvalue weighted by Crippen LogP contribution is -2.42. The SMILES string of the molecule is CCCCCCCCCCCCOC(=O)CNCC(N)N. The number of nitrogens with one attached hydrogen (secondary N) is 1. The van der Waals surface area contributed by atoms with E-state index in [2.05, 4.69) is 12.2 Å². The molecule has 5 N–H and O–H groups in total. The molecule has 0 saturated heterocycles. The molecule has 0 aromatic rings. The standard InChI is InChI=1S/C16H35N3O2/c1-2-3-4-5-6-7-8-9-10-11-12-21-16(20)14-19-13-15(17)18/h15,19H,2-14,17-18H2,1H3. The van der Waals surface area contributed by atoms with Gasteiger partial charge in [-0.15, -0.1) is 0 Å². The van der Waals surface area contributed by atoms with Crippen LogP contribution >= 0.6 is 0 Å². The minimum Gasteiger partial charge on any atom is -0.465 e. The number of hydrogen-bond donors (Lipinski definition) is 3. The maximum absolute atomic E-state index is 11.3. The van der Waals surface area contributed by atoms with Crippen molar-refractivity contribution in [3.63, 3.8) is 0 Å². The van der Waals surface area contributed by atoms with E-state index in [0.29, 0.717) is 13.2 Å². The molecule has 126 valence electrons. The van der Waals surface area contributed by atoms with E-state index in [1.54, 1.807) is 0 Å². The number of hydrogen-bond acceptors (Lipinski definition) is 5. The van der Waals surface area contributed by atoms with Gasteiger partial charge in [0.1, 0.15) is 0 Å². The molecular weight excluding hydrogens is 266 g/mol. The van der Waals surface area contributed by atoms with Crippen LogP contribution in [-0.4, -0.2) is 31.8 Å². The van der Waals surface area contributed by atoms with E-state index >= 15 is 0 Å². The van der Waals surface area contributed by atoms with Gasteiger partial charge in [-0.2, -0.15) is 0 Å². The fourth-order valence-electron chi connectivity index (χ4n) is 2.17. The Morgan fingerprint density at radius 1 is 0.952 bits per heavy atom. The number of carbonyl (C=O) groups is 1. The van der Waals surface area contributed by atoms with Crippen LogP contribution in [0.15, 0.2) is 0 Å². The van der Waals surface area contributed by atoms with Crippen molar-refractivity contribution >= 4 is 5.97 Å². The third-order valence-corrected chi connectivity index (χ3v) is 3.41. The Kier molecular flexibility index (Phi) is 15.2. The summed E-state index contributed by atoms with van der Waals surface area (Å²) in [4.78, 5) is 11.3. The van der Waals surface area contributed by atoms with Crippen LogP contribution in [0.4, 0.5) is 0 Å². The minimum absolute atomic E-state index is 0.183. The third-order valence-electron chi connectivity index (χ3n) is 3.41. The molecule has 0 radical (unpaired) electrons. The van der Waals surface area contributed by atoms with E-state index in [9.17, 15) is 4.79 Å². The molecular formula is C16H35N3O2. The number of unbranched alkanes of at least 4 members (excludes halogenated alkanes) is 9. The van der Waals surface area contributed by atoms with Crippen LogP contribution in [0.1, 0.15) is 71.1 Å². The van der Waals surface area contributed by atoms with Gasteiger partial charge >= 0.3 is 5.97 Å². The van der Waals surface area contributed by atoms with Crippen LogP contribution < -0.4 is 16.8 Å². The lowest BCUT2D eigenvalue weighted by atomic mass is 10.1. The maximum atomic E-state index is 11.3. The van der Waals surface area contributed by atoms with Crippen molar-refractivity contribution < 1.29 is 9.53 Å².